The maximum Gasteiger partial charge on any atom is 0.387 e. The van der Waals surface area contributed by atoms with Gasteiger partial charge in [-0.25, -0.2) is 14.4 Å². The van der Waals surface area contributed by atoms with Gasteiger partial charge < -0.3 is 10.1 Å². The van der Waals surface area contributed by atoms with Crippen LogP contribution in [0.4, 0.5) is 19.0 Å². The molecule has 0 saturated carbocycles. The molecule has 2 aromatic carbocycles. The Balaban J connectivity index is 1.83. The normalized spacial score (nSPS) is 12.4. The molecule has 3 rings (SSSR count). The summed E-state index contributed by atoms with van der Waals surface area (Å²) in [7, 11) is 0. The number of hydrogen-bond acceptors (Lipinski definition) is 4. The van der Waals surface area contributed by atoms with Gasteiger partial charge >= 0.3 is 6.61 Å². The molecule has 1 heterocycles. The Kier molecular flexibility index (Phi) is 4.50. The summed E-state index contributed by atoms with van der Waals surface area (Å²) in [6.45, 7) is -1.00. The minimum absolute atomic E-state index is 0.0829. The number of halogens is 3. The summed E-state index contributed by atoms with van der Waals surface area (Å²) in [5.41, 5.74) is 1.32. The Morgan fingerprint density at radius 3 is 2.50 bits per heavy atom. The average molecular weight is 333 g/mol. The summed E-state index contributed by atoms with van der Waals surface area (Å²) >= 11 is 0. The van der Waals surface area contributed by atoms with Crippen LogP contribution in [0.5, 0.6) is 5.75 Å². The molecule has 4 nitrogen and oxygen atoms in total. The molecule has 1 aromatic heterocycles. The van der Waals surface area contributed by atoms with Gasteiger partial charge in [-0.15, -0.1) is 0 Å². The van der Waals surface area contributed by atoms with E-state index in [0.29, 0.717) is 16.7 Å². The molecule has 0 aliphatic rings. The molecule has 0 spiro atoms. The highest BCUT2D eigenvalue weighted by Gasteiger charge is 2.13. The van der Waals surface area contributed by atoms with E-state index in [1.165, 1.54) is 24.5 Å². The second-order valence-corrected chi connectivity index (χ2v) is 5.17. The predicted molar refractivity (Wildman–Crippen MR) is 84.6 cm³/mol. The minimum atomic E-state index is -2.86. The third kappa shape index (κ3) is 3.40. The Morgan fingerprint density at radius 2 is 1.79 bits per heavy atom. The van der Waals surface area contributed by atoms with Crippen LogP contribution in [0.25, 0.3) is 10.9 Å². The highest BCUT2D eigenvalue weighted by atomic mass is 19.3. The molecule has 24 heavy (non-hydrogen) atoms. The number of benzene rings is 2. The van der Waals surface area contributed by atoms with E-state index in [0.717, 1.165) is 5.56 Å². The summed E-state index contributed by atoms with van der Waals surface area (Å²) in [6, 6.07) is 10.6. The topological polar surface area (TPSA) is 47.0 Å². The first kappa shape index (κ1) is 16.0. The molecule has 0 bridgehead atoms. The number of aromatic nitrogens is 2. The van der Waals surface area contributed by atoms with Crippen LogP contribution in [0.1, 0.15) is 18.5 Å². The Bertz CT molecular complexity index is 835. The van der Waals surface area contributed by atoms with E-state index in [4.69, 9.17) is 0 Å². The highest BCUT2D eigenvalue weighted by Crippen LogP contribution is 2.27. The van der Waals surface area contributed by atoms with Gasteiger partial charge in [0.2, 0.25) is 0 Å². The van der Waals surface area contributed by atoms with Crippen molar-refractivity contribution in [1.82, 2.24) is 9.97 Å². The number of nitrogens with zero attached hydrogens (tertiary/aromatic N) is 2. The molecule has 1 atom stereocenters. The number of anilines is 1. The zero-order chi connectivity index (χ0) is 17.1. The standard InChI is InChI=1S/C17H14F3N3O/c1-10(11-5-7-12(8-6-11)24-17(19)20)23-16-15-13(18)3-2-4-14(15)21-9-22-16/h2-10,17H,1H3,(H,21,22,23). The summed E-state index contributed by atoms with van der Waals surface area (Å²) in [5.74, 6) is 0.0430. The van der Waals surface area contributed by atoms with Crippen LogP contribution in [0.15, 0.2) is 48.8 Å². The van der Waals surface area contributed by atoms with Crippen molar-refractivity contribution in [2.75, 3.05) is 5.32 Å². The second kappa shape index (κ2) is 6.74. The van der Waals surface area contributed by atoms with Crippen LogP contribution in [0.2, 0.25) is 0 Å². The fraction of sp³-hybridized carbons (Fsp3) is 0.176. The van der Waals surface area contributed by atoms with Crippen LogP contribution in [-0.4, -0.2) is 16.6 Å². The van der Waals surface area contributed by atoms with Crippen LogP contribution in [0.3, 0.4) is 0 Å². The van der Waals surface area contributed by atoms with Crippen LogP contribution in [0, 0.1) is 5.82 Å². The predicted octanol–water partition coefficient (Wildman–Crippen LogP) is 4.54. The Morgan fingerprint density at radius 1 is 1.04 bits per heavy atom. The average Bonchev–Trinajstić information content (AvgIpc) is 2.55. The first-order valence-corrected chi connectivity index (χ1v) is 7.25. The van der Waals surface area contributed by atoms with Gasteiger partial charge in [0.25, 0.3) is 0 Å². The van der Waals surface area contributed by atoms with E-state index in [9.17, 15) is 13.2 Å². The van der Waals surface area contributed by atoms with Gasteiger partial charge in [-0.3, -0.25) is 0 Å². The van der Waals surface area contributed by atoms with Crippen molar-refractivity contribution in [2.24, 2.45) is 0 Å². The van der Waals surface area contributed by atoms with E-state index in [2.05, 4.69) is 20.0 Å². The summed E-state index contributed by atoms with van der Waals surface area (Å²) in [5, 5.41) is 3.43. The highest BCUT2D eigenvalue weighted by molar-refractivity contribution is 5.89. The molecule has 0 aliphatic heterocycles. The zero-order valence-corrected chi connectivity index (χ0v) is 12.7. The molecule has 124 valence electrons. The van der Waals surface area contributed by atoms with Crippen molar-refractivity contribution in [3.05, 3.63) is 60.2 Å². The minimum Gasteiger partial charge on any atom is -0.435 e. The van der Waals surface area contributed by atoms with Gasteiger partial charge in [0.15, 0.2) is 0 Å². The van der Waals surface area contributed by atoms with Crippen molar-refractivity contribution in [3.8, 4) is 5.75 Å². The summed E-state index contributed by atoms with van der Waals surface area (Å²) in [4.78, 5) is 8.15. The lowest BCUT2D eigenvalue weighted by atomic mass is 10.1. The lowest BCUT2D eigenvalue weighted by Crippen LogP contribution is -2.09. The number of nitrogens with one attached hydrogen (secondary N) is 1. The zero-order valence-electron chi connectivity index (χ0n) is 12.7. The first-order valence-electron chi connectivity index (χ1n) is 7.25. The van der Waals surface area contributed by atoms with Gasteiger partial charge in [-0.2, -0.15) is 8.78 Å². The maximum absolute atomic E-state index is 14.1. The van der Waals surface area contributed by atoms with Crippen molar-refractivity contribution in [1.29, 1.82) is 0 Å². The molecule has 0 saturated heterocycles. The Hall–Kier alpha value is -2.83. The smallest absolute Gasteiger partial charge is 0.387 e. The van der Waals surface area contributed by atoms with Crippen LogP contribution in [-0.2, 0) is 0 Å². The summed E-state index contributed by atoms with van der Waals surface area (Å²) < 4.78 is 42.7. The van der Waals surface area contributed by atoms with Crippen molar-refractivity contribution < 1.29 is 17.9 Å². The van der Waals surface area contributed by atoms with Gasteiger partial charge in [-0.05, 0) is 36.8 Å². The fourth-order valence-corrected chi connectivity index (χ4v) is 2.40. The van der Waals surface area contributed by atoms with Gasteiger partial charge in [0.05, 0.1) is 10.9 Å². The molecule has 3 aromatic rings. The molecular weight excluding hydrogens is 319 g/mol. The van der Waals surface area contributed by atoms with Crippen LogP contribution < -0.4 is 10.1 Å². The van der Waals surface area contributed by atoms with Gasteiger partial charge in [0.1, 0.15) is 23.7 Å². The molecule has 0 aliphatic carbocycles. The third-order valence-electron chi connectivity index (χ3n) is 3.57. The van der Waals surface area contributed by atoms with E-state index in [1.807, 2.05) is 6.92 Å². The second-order valence-electron chi connectivity index (χ2n) is 5.17. The number of rotatable bonds is 5. The first-order chi connectivity index (χ1) is 11.5. The van der Waals surface area contributed by atoms with E-state index >= 15 is 0 Å². The van der Waals surface area contributed by atoms with Crippen LogP contribution >= 0.6 is 0 Å². The number of ether oxygens (including phenoxy) is 1. The van der Waals surface area contributed by atoms with Crippen molar-refractivity contribution >= 4 is 16.7 Å². The monoisotopic (exact) mass is 333 g/mol. The molecule has 1 N–H and O–H groups in total. The number of hydrogen-bond donors (Lipinski definition) is 1. The fourth-order valence-electron chi connectivity index (χ4n) is 2.40. The largest absolute Gasteiger partial charge is 0.435 e. The maximum atomic E-state index is 14.1. The van der Waals surface area contributed by atoms with Crippen molar-refractivity contribution in [3.63, 3.8) is 0 Å². The molecule has 0 radical (unpaired) electrons. The quantitative estimate of drug-likeness (QED) is 0.744. The molecule has 1 unspecified atom stereocenters. The van der Waals surface area contributed by atoms with E-state index in [-0.39, 0.29) is 11.8 Å². The number of fused-ring (bicyclic) bond motifs is 1. The molecule has 0 fully saturated rings. The molecule has 0 amide bonds. The van der Waals surface area contributed by atoms with Gasteiger partial charge in [-0.1, -0.05) is 18.2 Å². The molecular formula is C17H14F3N3O. The van der Waals surface area contributed by atoms with Gasteiger partial charge in [0, 0.05) is 6.04 Å². The number of alkyl halides is 2. The lowest BCUT2D eigenvalue weighted by molar-refractivity contribution is -0.0498. The third-order valence-corrected chi connectivity index (χ3v) is 3.57. The lowest BCUT2D eigenvalue weighted by Gasteiger charge is -2.17. The van der Waals surface area contributed by atoms with Crippen molar-refractivity contribution in [2.45, 2.75) is 19.6 Å². The summed E-state index contributed by atoms with van der Waals surface area (Å²) in [6.07, 6.45) is 1.36. The Labute approximate surface area is 136 Å². The van der Waals surface area contributed by atoms with E-state index in [1.54, 1.807) is 24.3 Å². The van der Waals surface area contributed by atoms with E-state index < -0.39 is 12.4 Å². The molecule has 7 heteroatoms. The SMILES string of the molecule is CC(Nc1ncnc2cccc(F)c12)c1ccc(OC(F)F)cc1.